The molecule has 0 fully saturated rings. The number of carbonyl (C=O) groups excluding carboxylic acids is 1. The van der Waals surface area contributed by atoms with Crippen molar-refractivity contribution >= 4 is 6.03 Å². The van der Waals surface area contributed by atoms with Gasteiger partial charge in [0.15, 0.2) is 0 Å². The minimum Gasteiger partial charge on any atom is -0.387 e. The van der Waals surface area contributed by atoms with Crippen molar-refractivity contribution in [1.29, 1.82) is 0 Å². The van der Waals surface area contributed by atoms with E-state index in [1.165, 1.54) is 0 Å². The third-order valence-electron chi connectivity index (χ3n) is 4.10. The Kier molecular flexibility index (Phi) is 7.91. The summed E-state index contributed by atoms with van der Waals surface area (Å²) >= 11 is 0. The Morgan fingerprint density at radius 1 is 1.32 bits per heavy atom. The average molecular weight is 307 g/mol. The van der Waals surface area contributed by atoms with Crippen molar-refractivity contribution in [3.63, 3.8) is 0 Å². The lowest BCUT2D eigenvalue weighted by Crippen LogP contribution is -2.42. The highest BCUT2D eigenvalue weighted by molar-refractivity contribution is 5.73. The second-order valence-corrected chi connectivity index (χ2v) is 5.75. The van der Waals surface area contributed by atoms with Gasteiger partial charge in [0, 0.05) is 25.7 Å². The van der Waals surface area contributed by atoms with Crippen molar-refractivity contribution in [2.45, 2.75) is 39.3 Å². The molecule has 2 unspecified atom stereocenters. The smallest absolute Gasteiger partial charge is 0.314 e. The van der Waals surface area contributed by atoms with Crippen molar-refractivity contribution < 1.29 is 9.90 Å². The fourth-order valence-corrected chi connectivity index (χ4v) is 2.20. The fraction of sp³-hybridized carbons (Fsp3) is 0.588. The molecule has 0 heterocycles. The van der Waals surface area contributed by atoms with Crippen LogP contribution in [0.4, 0.5) is 4.79 Å². The Balaban J connectivity index is 2.27. The molecular weight excluding hydrogens is 278 g/mol. The molecule has 2 atom stereocenters. The van der Waals surface area contributed by atoms with Crippen LogP contribution in [0.25, 0.3) is 0 Å². The summed E-state index contributed by atoms with van der Waals surface area (Å²) in [5.74, 6) is 0. The van der Waals surface area contributed by atoms with Crippen LogP contribution in [0.2, 0.25) is 0 Å². The maximum absolute atomic E-state index is 11.7. The van der Waals surface area contributed by atoms with Crippen LogP contribution in [0.3, 0.4) is 0 Å². The van der Waals surface area contributed by atoms with E-state index in [1.807, 2.05) is 31.2 Å². The second-order valence-electron chi connectivity index (χ2n) is 5.75. The standard InChI is InChI=1S/C17H29N3O2/c1-5-14(3)20(4)11-10-18-17(22)19-12-16(21)15-9-7-6-8-13(15)2/h6-9,14,16,21H,5,10-12H2,1-4H3,(H2,18,19,22). The molecular formula is C17H29N3O2. The number of aryl methyl sites for hydroxylation is 1. The SMILES string of the molecule is CCC(C)N(C)CCNC(=O)NCC(O)c1ccccc1C. The molecule has 1 aromatic carbocycles. The molecule has 124 valence electrons. The van der Waals surface area contributed by atoms with E-state index in [4.69, 9.17) is 0 Å². The molecule has 1 rings (SSSR count). The molecule has 0 bridgehead atoms. The van der Waals surface area contributed by atoms with Gasteiger partial charge in [-0.2, -0.15) is 0 Å². The van der Waals surface area contributed by atoms with Crippen molar-refractivity contribution in [3.8, 4) is 0 Å². The zero-order valence-corrected chi connectivity index (χ0v) is 14.1. The van der Waals surface area contributed by atoms with Gasteiger partial charge in [0.1, 0.15) is 0 Å². The monoisotopic (exact) mass is 307 g/mol. The third kappa shape index (κ3) is 6.03. The molecule has 0 saturated heterocycles. The first-order valence-corrected chi connectivity index (χ1v) is 7.91. The van der Waals surface area contributed by atoms with E-state index >= 15 is 0 Å². The molecule has 22 heavy (non-hydrogen) atoms. The lowest BCUT2D eigenvalue weighted by atomic mass is 10.0. The topological polar surface area (TPSA) is 64.6 Å². The van der Waals surface area contributed by atoms with Gasteiger partial charge < -0.3 is 20.6 Å². The van der Waals surface area contributed by atoms with Crippen molar-refractivity contribution in [3.05, 3.63) is 35.4 Å². The van der Waals surface area contributed by atoms with Gasteiger partial charge in [0.2, 0.25) is 0 Å². The van der Waals surface area contributed by atoms with Crippen LogP contribution in [0, 0.1) is 6.92 Å². The van der Waals surface area contributed by atoms with E-state index in [2.05, 4.69) is 36.4 Å². The Hall–Kier alpha value is -1.59. The number of amides is 2. The summed E-state index contributed by atoms with van der Waals surface area (Å²) < 4.78 is 0. The van der Waals surface area contributed by atoms with Crippen LogP contribution in [-0.2, 0) is 0 Å². The number of nitrogens with one attached hydrogen (secondary N) is 2. The van der Waals surface area contributed by atoms with Crippen LogP contribution in [0.1, 0.15) is 37.5 Å². The summed E-state index contributed by atoms with van der Waals surface area (Å²) in [6.07, 6.45) is 0.403. The summed E-state index contributed by atoms with van der Waals surface area (Å²) in [5, 5.41) is 15.6. The summed E-state index contributed by atoms with van der Waals surface area (Å²) in [7, 11) is 2.05. The van der Waals surface area contributed by atoms with Crippen molar-refractivity contribution in [2.24, 2.45) is 0 Å². The maximum atomic E-state index is 11.7. The van der Waals surface area contributed by atoms with E-state index in [0.717, 1.165) is 24.1 Å². The Labute approximate surface area is 133 Å². The molecule has 0 radical (unpaired) electrons. The molecule has 0 aliphatic carbocycles. The van der Waals surface area contributed by atoms with Gasteiger partial charge in [0.25, 0.3) is 0 Å². The number of urea groups is 1. The molecule has 5 nitrogen and oxygen atoms in total. The fourth-order valence-electron chi connectivity index (χ4n) is 2.20. The predicted molar refractivity (Wildman–Crippen MR) is 89.9 cm³/mol. The first-order chi connectivity index (χ1) is 10.5. The number of aliphatic hydroxyl groups excluding tert-OH is 1. The summed E-state index contributed by atoms with van der Waals surface area (Å²) in [4.78, 5) is 13.9. The van der Waals surface area contributed by atoms with Gasteiger partial charge in [-0.05, 0) is 38.4 Å². The van der Waals surface area contributed by atoms with Gasteiger partial charge in [-0.15, -0.1) is 0 Å². The first-order valence-electron chi connectivity index (χ1n) is 7.91. The Morgan fingerprint density at radius 3 is 2.64 bits per heavy atom. The van der Waals surface area contributed by atoms with E-state index < -0.39 is 6.10 Å². The normalized spacial score (nSPS) is 13.7. The number of hydrogen-bond donors (Lipinski definition) is 3. The maximum Gasteiger partial charge on any atom is 0.314 e. The highest BCUT2D eigenvalue weighted by atomic mass is 16.3. The number of benzene rings is 1. The zero-order chi connectivity index (χ0) is 16.5. The Morgan fingerprint density at radius 2 is 2.00 bits per heavy atom. The second kappa shape index (κ2) is 9.43. The van der Waals surface area contributed by atoms with Gasteiger partial charge in [0.05, 0.1) is 6.10 Å². The van der Waals surface area contributed by atoms with Crippen LogP contribution < -0.4 is 10.6 Å². The number of nitrogens with zero attached hydrogens (tertiary/aromatic N) is 1. The van der Waals surface area contributed by atoms with Crippen molar-refractivity contribution in [2.75, 3.05) is 26.7 Å². The van der Waals surface area contributed by atoms with Crippen molar-refractivity contribution in [1.82, 2.24) is 15.5 Å². The van der Waals surface area contributed by atoms with Gasteiger partial charge in [-0.25, -0.2) is 4.79 Å². The molecule has 1 aromatic rings. The quantitative estimate of drug-likeness (QED) is 0.689. The lowest BCUT2D eigenvalue weighted by molar-refractivity contribution is 0.172. The number of likely N-dealkylation sites (N-methyl/N-ethyl adjacent to an activating group) is 1. The lowest BCUT2D eigenvalue weighted by Gasteiger charge is -2.23. The van der Waals surface area contributed by atoms with E-state index in [0.29, 0.717) is 12.6 Å². The molecule has 0 aromatic heterocycles. The number of hydrogen-bond acceptors (Lipinski definition) is 3. The zero-order valence-electron chi connectivity index (χ0n) is 14.1. The minimum atomic E-state index is -0.685. The van der Waals surface area contributed by atoms with Crippen LogP contribution in [0.5, 0.6) is 0 Å². The number of rotatable bonds is 8. The summed E-state index contributed by atoms with van der Waals surface area (Å²) in [6.45, 7) is 7.87. The highest BCUT2D eigenvalue weighted by Gasteiger charge is 2.11. The molecule has 0 saturated carbocycles. The third-order valence-corrected chi connectivity index (χ3v) is 4.10. The molecule has 2 amide bonds. The van der Waals surface area contributed by atoms with Gasteiger partial charge >= 0.3 is 6.03 Å². The predicted octanol–water partition coefficient (Wildman–Crippen LogP) is 2.06. The largest absolute Gasteiger partial charge is 0.387 e. The Bertz CT molecular complexity index is 465. The molecule has 5 heteroatoms. The molecule has 3 N–H and O–H groups in total. The van der Waals surface area contributed by atoms with E-state index in [9.17, 15) is 9.90 Å². The molecule has 0 spiro atoms. The molecule has 0 aliphatic rings. The van der Waals surface area contributed by atoms with Crippen LogP contribution >= 0.6 is 0 Å². The highest BCUT2D eigenvalue weighted by Crippen LogP contribution is 2.15. The van der Waals surface area contributed by atoms with E-state index in [1.54, 1.807) is 0 Å². The average Bonchev–Trinajstić information content (AvgIpc) is 2.52. The summed E-state index contributed by atoms with van der Waals surface area (Å²) in [5.41, 5.74) is 1.87. The molecule has 0 aliphatic heterocycles. The van der Waals surface area contributed by atoms with Gasteiger partial charge in [-0.1, -0.05) is 31.2 Å². The first kappa shape index (κ1) is 18.5. The number of carbonyl (C=O) groups is 1. The summed E-state index contributed by atoms with van der Waals surface area (Å²) in [6, 6.07) is 7.90. The van der Waals surface area contributed by atoms with Gasteiger partial charge in [-0.3, -0.25) is 0 Å². The van der Waals surface area contributed by atoms with Crippen LogP contribution in [0.15, 0.2) is 24.3 Å². The van der Waals surface area contributed by atoms with E-state index in [-0.39, 0.29) is 12.6 Å². The number of aliphatic hydroxyl groups is 1. The minimum absolute atomic E-state index is 0.206. The van der Waals surface area contributed by atoms with Crippen LogP contribution in [-0.4, -0.2) is 48.8 Å².